The van der Waals surface area contributed by atoms with Crippen molar-refractivity contribution in [3.05, 3.63) is 63.2 Å². The van der Waals surface area contributed by atoms with Crippen LogP contribution >= 0.6 is 12.4 Å². The van der Waals surface area contributed by atoms with Crippen LogP contribution in [-0.4, -0.2) is 44.6 Å². The molecule has 1 saturated heterocycles. The molecule has 4 heterocycles. The fraction of sp³-hybridized carbons (Fsp3) is 0.458. The molecule has 8 nitrogen and oxygen atoms in total. The highest BCUT2D eigenvalue weighted by Gasteiger charge is 2.24. The summed E-state index contributed by atoms with van der Waals surface area (Å²) < 4.78 is 3.42. The zero-order valence-corrected chi connectivity index (χ0v) is 19.8. The molecule has 0 bridgehead atoms. The van der Waals surface area contributed by atoms with Crippen LogP contribution in [0.25, 0.3) is 5.65 Å². The summed E-state index contributed by atoms with van der Waals surface area (Å²) in [5.74, 6) is -0.251. The molecule has 0 atom stereocenters. The largest absolute Gasteiger partial charge is 0.329 e. The first-order valence-electron chi connectivity index (χ1n) is 11.6. The van der Waals surface area contributed by atoms with Crippen molar-refractivity contribution in [3.8, 4) is 0 Å². The fourth-order valence-electron chi connectivity index (χ4n) is 4.94. The maximum absolute atomic E-state index is 13.1. The number of rotatable bonds is 5. The Bertz CT molecular complexity index is 1190. The average Bonchev–Trinajstić information content (AvgIpc) is 3.27. The third-order valence-corrected chi connectivity index (χ3v) is 6.59. The van der Waals surface area contributed by atoms with Gasteiger partial charge >= 0.3 is 0 Å². The first-order chi connectivity index (χ1) is 15.7. The maximum atomic E-state index is 13.1. The van der Waals surface area contributed by atoms with Crippen LogP contribution < -0.4 is 16.2 Å². The summed E-state index contributed by atoms with van der Waals surface area (Å²) in [6.45, 7) is 7.33. The van der Waals surface area contributed by atoms with E-state index in [4.69, 9.17) is 0 Å². The Labute approximate surface area is 199 Å². The number of nitrogens with one attached hydrogen (secondary N) is 2. The number of amides is 1. The zero-order valence-electron chi connectivity index (χ0n) is 19.0. The lowest BCUT2D eigenvalue weighted by Crippen LogP contribution is -2.36. The topological polar surface area (TPSA) is 83.7 Å². The standard InChI is InChI=1S/C24H30N6O2.ClH/c1-2-29-21-10-11-25-14-19(21)24(32)30-23(29)20(15-26-30)22(31)27-18-8-6-17(7-9-18)16-28-12-4-3-5-13-28;/h6-9,15,25H,2-5,10-14,16H2,1H3,(H,27,31);1H. The second-order valence-corrected chi connectivity index (χ2v) is 8.68. The molecule has 0 aliphatic carbocycles. The van der Waals surface area contributed by atoms with Crippen LogP contribution in [0.2, 0.25) is 0 Å². The molecular weight excluding hydrogens is 440 g/mol. The number of anilines is 1. The van der Waals surface area contributed by atoms with Crippen LogP contribution in [0.4, 0.5) is 5.69 Å². The molecule has 2 aliphatic rings. The number of carbonyl (C=O) groups is 1. The summed E-state index contributed by atoms with van der Waals surface area (Å²) in [6, 6.07) is 8.05. The van der Waals surface area contributed by atoms with Gasteiger partial charge in [0.15, 0.2) is 5.65 Å². The molecule has 5 rings (SSSR count). The monoisotopic (exact) mass is 470 g/mol. The second kappa shape index (κ2) is 10.1. The number of aromatic nitrogens is 3. The Kier molecular flexibility index (Phi) is 7.17. The number of fused-ring (bicyclic) bond motifs is 2. The Balaban J connectivity index is 0.00000259. The Hall–Kier alpha value is -2.68. The van der Waals surface area contributed by atoms with Gasteiger partial charge in [0, 0.05) is 44.0 Å². The van der Waals surface area contributed by atoms with E-state index in [9.17, 15) is 9.59 Å². The van der Waals surface area contributed by atoms with Crippen molar-refractivity contribution in [2.75, 3.05) is 25.0 Å². The smallest absolute Gasteiger partial charge is 0.279 e. The van der Waals surface area contributed by atoms with Crippen LogP contribution in [0.15, 0.2) is 35.3 Å². The summed E-state index contributed by atoms with van der Waals surface area (Å²) in [6.07, 6.45) is 6.14. The molecular formula is C24H31ClN6O2. The molecule has 2 N–H and O–H groups in total. The number of aryl methyl sites for hydroxylation is 1. The van der Waals surface area contributed by atoms with Crippen molar-refractivity contribution in [1.82, 2.24) is 24.4 Å². The number of halogens is 1. The van der Waals surface area contributed by atoms with Gasteiger partial charge < -0.3 is 15.2 Å². The highest BCUT2D eigenvalue weighted by Crippen LogP contribution is 2.20. The minimum Gasteiger partial charge on any atom is -0.329 e. The number of benzene rings is 1. The molecule has 0 saturated carbocycles. The van der Waals surface area contributed by atoms with Crippen molar-refractivity contribution in [1.29, 1.82) is 0 Å². The van der Waals surface area contributed by atoms with E-state index in [1.165, 1.54) is 35.5 Å². The Morgan fingerprint density at radius 3 is 2.64 bits per heavy atom. The Morgan fingerprint density at radius 2 is 1.91 bits per heavy atom. The Morgan fingerprint density at radius 1 is 1.15 bits per heavy atom. The minimum absolute atomic E-state index is 0. The molecule has 0 spiro atoms. The molecule has 176 valence electrons. The predicted octanol–water partition coefficient (Wildman–Crippen LogP) is 2.82. The molecule has 0 radical (unpaired) electrons. The molecule has 3 aromatic rings. The number of carbonyl (C=O) groups excluding carboxylic acids is 1. The lowest BCUT2D eigenvalue weighted by Gasteiger charge is -2.26. The van der Waals surface area contributed by atoms with E-state index in [2.05, 4.69) is 37.3 Å². The SMILES string of the molecule is CCn1c2c(c(=O)n3ncc(C(=O)Nc4ccc(CN5CCCCC5)cc4)c13)CNCC2.Cl. The summed E-state index contributed by atoms with van der Waals surface area (Å²) in [4.78, 5) is 28.6. The predicted molar refractivity (Wildman–Crippen MR) is 131 cm³/mol. The first-order valence-corrected chi connectivity index (χ1v) is 11.6. The van der Waals surface area contributed by atoms with Crippen molar-refractivity contribution < 1.29 is 4.79 Å². The van der Waals surface area contributed by atoms with Gasteiger partial charge in [0.25, 0.3) is 11.5 Å². The molecule has 2 aromatic heterocycles. The maximum Gasteiger partial charge on any atom is 0.279 e. The van der Waals surface area contributed by atoms with E-state index < -0.39 is 0 Å². The van der Waals surface area contributed by atoms with Crippen molar-refractivity contribution in [3.63, 3.8) is 0 Å². The number of hydrogen-bond acceptors (Lipinski definition) is 5. The van der Waals surface area contributed by atoms with Gasteiger partial charge in [-0.25, -0.2) is 0 Å². The van der Waals surface area contributed by atoms with E-state index in [1.54, 1.807) is 0 Å². The van der Waals surface area contributed by atoms with Crippen LogP contribution in [0.3, 0.4) is 0 Å². The van der Waals surface area contributed by atoms with E-state index in [-0.39, 0.29) is 23.9 Å². The number of piperidine rings is 1. The molecule has 33 heavy (non-hydrogen) atoms. The first kappa shape index (κ1) is 23.5. The second-order valence-electron chi connectivity index (χ2n) is 8.68. The lowest BCUT2D eigenvalue weighted by molar-refractivity contribution is 0.102. The average molecular weight is 471 g/mol. The quantitative estimate of drug-likeness (QED) is 0.599. The molecule has 1 amide bonds. The van der Waals surface area contributed by atoms with Crippen molar-refractivity contribution in [2.24, 2.45) is 0 Å². The van der Waals surface area contributed by atoms with Gasteiger partial charge in [0.05, 0.1) is 11.8 Å². The minimum atomic E-state index is -0.251. The van der Waals surface area contributed by atoms with E-state index in [0.29, 0.717) is 24.3 Å². The highest BCUT2D eigenvalue weighted by molar-refractivity contribution is 6.08. The van der Waals surface area contributed by atoms with Gasteiger partial charge in [-0.15, -0.1) is 12.4 Å². The van der Waals surface area contributed by atoms with Crippen LogP contribution in [0.5, 0.6) is 0 Å². The van der Waals surface area contributed by atoms with Crippen LogP contribution in [0, 0.1) is 0 Å². The van der Waals surface area contributed by atoms with Crippen molar-refractivity contribution >= 4 is 29.6 Å². The lowest BCUT2D eigenvalue weighted by atomic mass is 10.1. The highest BCUT2D eigenvalue weighted by atomic mass is 35.5. The normalized spacial score (nSPS) is 16.3. The molecule has 1 fully saturated rings. The van der Waals surface area contributed by atoms with Crippen LogP contribution in [0.1, 0.15) is 53.4 Å². The third-order valence-electron chi connectivity index (χ3n) is 6.59. The van der Waals surface area contributed by atoms with Gasteiger partial charge in [-0.1, -0.05) is 18.6 Å². The van der Waals surface area contributed by atoms with E-state index in [1.807, 2.05) is 19.1 Å². The van der Waals surface area contributed by atoms with Crippen molar-refractivity contribution in [2.45, 2.75) is 52.2 Å². The van der Waals surface area contributed by atoms with Gasteiger partial charge in [-0.3, -0.25) is 14.5 Å². The molecule has 2 aliphatic heterocycles. The van der Waals surface area contributed by atoms with E-state index >= 15 is 0 Å². The molecule has 1 aromatic carbocycles. The summed E-state index contributed by atoms with van der Waals surface area (Å²) >= 11 is 0. The number of hydrogen-bond donors (Lipinski definition) is 2. The number of likely N-dealkylation sites (tertiary alicyclic amines) is 1. The van der Waals surface area contributed by atoms with E-state index in [0.717, 1.165) is 49.5 Å². The summed E-state index contributed by atoms with van der Waals surface area (Å²) in [5.41, 5.74) is 4.57. The summed E-state index contributed by atoms with van der Waals surface area (Å²) in [7, 11) is 0. The zero-order chi connectivity index (χ0) is 22.1. The third kappa shape index (κ3) is 4.55. The fourth-order valence-corrected chi connectivity index (χ4v) is 4.94. The number of nitrogens with zero attached hydrogens (tertiary/aromatic N) is 4. The van der Waals surface area contributed by atoms with Gasteiger partial charge in [0.2, 0.25) is 0 Å². The summed E-state index contributed by atoms with van der Waals surface area (Å²) in [5, 5.41) is 10.5. The van der Waals surface area contributed by atoms with Gasteiger partial charge in [-0.2, -0.15) is 9.61 Å². The molecule has 0 unspecified atom stereocenters. The van der Waals surface area contributed by atoms with Gasteiger partial charge in [-0.05, 0) is 50.6 Å². The molecule has 9 heteroatoms. The van der Waals surface area contributed by atoms with Gasteiger partial charge in [0.1, 0.15) is 5.56 Å². The van der Waals surface area contributed by atoms with Crippen LogP contribution in [-0.2, 0) is 26.1 Å².